The smallest absolute Gasteiger partial charge is 0.0992 e. The third-order valence-electron chi connectivity index (χ3n) is 2.83. The Morgan fingerprint density at radius 1 is 1.20 bits per heavy atom. The first-order chi connectivity index (χ1) is 9.74. The number of hydrogen-bond acceptors (Lipinski definition) is 3. The van der Waals surface area contributed by atoms with Gasteiger partial charge >= 0.3 is 0 Å². The molecule has 0 atom stereocenters. The average molecular weight is 324 g/mol. The van der Waals surface area contributed by atoms with Crippen LogP contribution in [0.2, 0.25) is 9.36 Å². The van der Waals surface area contributed by atoms with Gasteiger partial charge in [0.25, 0.3) is 0 Å². The van der Waals surface area contributed by atoms with Gasteiger partial charge in [0.1, 0.15) is 0 Å². The maximum absolute atomic E-state index is 6.30. The molecule has 0 unspecified atom stereocenters. The number of rotatable bonds is 4. The van der Waals surface area contributed by atoms with Crippen LogP contribution in [0, 0.1) is 0 Å². The Labute approximate surface area is 130 Å². The summed E-state index contributed by atoms with van der Waals surface area (Å²) >= 11 is 13.8. The fourth-order valence-electron chi connectivity index (χ4n) is 1.94. The molecule has 20 heavy (non-hydrogen) atoms. The number of benzene rings is 1. The molecule has 1 N–H and O–H groups in total. The van der Waals surface area contributed by atoms with Crippen LogP contribution in [-0.4, -0.2) is 9.55 Å². The van der Waals surface area contributed by atoms with Crippen LogP contribution in [0.4, 0.5) is 5.69 Å². The first-order valence-electron chi connectivity index (χ1n) is 5.99. The molecule has 3 aromatic rings. The summed E-state index contributed by atoms with van der Waals surface area (Å²) in [5.74, 6) is 0. The van der Waals surface area contributed by atoms with Gasteiger partial charge in [0.05, 0.1) is 27.1 Å². The van der Waals surface area contributed by atoms with Crippen molar-refractivity contribution in [1.82, 2.24) is 9.55 Å². The van der Waals surface area contributed by atoms with Crippen molar-refractivity contribution in [2.45, 2.75) is 6.54 Å². The molecule has 0 saturated heterocycles. The van der Waals surface area contributed by atoms with Gasteiger partial charge in [-0.05, 0) is 24.3 Å². The summed E-state index contributed by atoms with van der Waals surface area (Å²) in [6.07, 6.45) is 5.33. The van der Waals surface area contributed by atoms with Crippen LogP contribution in [0.5, 0.6) is 0 Å². The SMILES string of the molecule is Clc1ccc(CNc2cccc(Cl)c2-n2ccnc2)s1. The van der Waals surface area contributed by atoms with Crippen molar-refractivity contribution in [3.63, 3.8) is 0 Å². The number of halogens is 2. The highest BCUT2D eigenvalue weighted by molar-refractivity contribution is 7.16. The second kappa shape index (κ2) is 5.87. The summed E-state index contributed by atoms with van der Waals surface area (Å²) in [4.78, 5) is 5.24. The van der Waals surface area contributed by atoms with Crippen molar-refractivity contribution in [3.8, 4) is 5.69 Å². The minimum atomic E-state index is 0.678. The van der Waals surface area contributed by atoms with Gasteiger partial charge in [0.15, 0.2) is 0 Å². The van der Waals surface area contributed by atoms with E-state index in [9.17, 15) is 0 Å². The summed E-state index contributed by atoms with van der Waals surface area (Å²) in [5, 5.41) is 4.07. The van der Waals surface area contributed by atoms with Gasteiger partial charge in [0, 0.05) is 23.8 Å². The van der Waals surface area contributed by atoms with Crippen molar-refractivity contribution in [2.24, 2.45) is 0 Å². The monoisotopic (exact) mass is 323 g/mol. The molecule has 2 aromatic heterocycles. The number of hydrogen-bond donors (Lipinski definition) is 1. The number of aromatic nitrogens is 2. The fourth-order valence-corrected chi connectivity index (χ4v) is 3.24. The first kappa shape index (κ1) is 13.5. The minimum Gasteiger partial charge on any atom is -0.378 e. The van der Waals surface area contributed by atoms with Gasteiger partial charge in [-0.3, -0.25) is 0 Å². The highest BCUT2D eigenvalue weighted by Gasteiger charge is 2.09. The lowest BCUT2D eigenvalue weighted by Gasteiger charge is -2.13. The lowest BCUT2D eigenvalue weighted by Crippen LogP contribution is -2.03. The van der Waals surface area contributed by atoms with Crippen molar-refractivity contribution >= 4 is 40.2 Å². The van der Waals surface area contributed by atoms with Crippen LogP contribution in [0.15, 0.2) is 49.1 Å². The first-order valence-corrected chi connectivity index (χ1v) is 7.56. The molecule has 1 aromatic carbocycles. The molecule has 0 radical (unpaired) electrons. The minimum absolute atomic E-state index is 0.678. The van der Waals surface area contributed by atoms with E-state index in [1.54, 1.807) is 23.9 Å². The van der Waals surface area contributed by atoms with E-state index in [1.807, 2.05) is 41.1 Å². The van der Waals surface area contributed by atoms with Crippen LogP contribution < -0.4 is 5.32 Å². The number of imidazole rings is 1. The molecule has 0 amide bonds. The molecule has 2 heterocycles. The van der Waals surface area contributed by atoms with Gasteiger partial charge in [-0.1, -0.05) is 29.3 Å². The van der Waals surface area contributed by atoms with Crippen molar-refractivity contribution in [3.05, 3.63) is 63.3 Å². The third-order valence-corrected chi connectivity index (χ3v) is 4.37. The second-order valence-electron chi connectivity index (χ2n) is 4.17. The van der Waals surface area contributed by atoms with Gasteiger partial charge in [-0.25, -0.2) is 4.98 Å². The van der Waals surface area contributed by atoms with Crippen LogP contribution in [0.25, 0.3) is 5.69 Å². The predicted octanol–water partition coefficient (Wildman–Crippen LogP) is 4.85. The highest BCUT2D eigenvalue weighted by Crippen LogP contribution is 2.29. The van der Waals surface area contributed by atoms with E-state index in [0.29, 0.717) is 11.6 Å². The maximum Gasteiger partial charge on any atom is 0.0992 e. The second-order valence-corrected chi connectivity index (χ2v) is 6.37. The van der Waals surface area contributed by atoms with Crippen molar-refractivity contribution < 1.29 is 0 Å². The Balaban J connectivity index is 1.88. The number of para-hydroxylation sites is 1. The normalized spacial score (nSPS) is 10.7. The molecule has 102 valence electrons. The summed E-state index contributed by atoms with van der Waals surface area (Å²) < 4.78 is 2.69. The number of thiophene rings is 1. The largest absolute Gasteiger partial charge is 0.378 e. The molecule has 0 aliphatic heterocycles. The van der Waals surface area contributed by atoms with E-state index in [-0.39, 0.29) is 0 Å². The Morgan fingerprint density at radius 2 is 2.10 bits per heavy atom. The van der Waals surface area contributed by atoms with E-state index >= 15 is 0 Å². The highest BCUT2D eigenvalue weighted by atomic mass is 35.5. The molecule has 0 fully saturated rings. The Kier molecular flexibility index (Phi) is 3.96. The Morgan fingerprint density at radius 3 is 2.80 bits per heavy atom. The summed E-state index contributed by atoms with van der Waals surface area (Å²) in [7, 11) is 0. The van der Waals surface area contributed by atoms with E-state index in [1.165, 1.54) is 4.88 Å². The van der Waals surface area contributed by atoms with E-state index in [2.05, 4.69) is 10.3 Å². The Hall–Kier alpha value is -1.49. The predicted molar refractivity (Wildman–Crippen MR) is 85.2 cm³/mol. The van der Waals surface area contributed by atoms with Gasteiger partial charge in [-0.15, -0.1) is 11.3 Å². The van der Waals surface area contributed by atoms with Crippen molar-refractivity contribution in [1.29, 1.82) is 0 Å². The Bertz CT molecular complexity index is 707. The van der Waals surface area contributed by atoms with Crippen LogP contribution >= 0.6 is 34.5 Å². The molecule has 0 saturated carbocycles. The zero-order valence-electron chi connectivity index (χ0n) is 10.4. The molecule has 0 spiro atoms. The van der Waals surface area contributed by atoms with E-state index in [4.69, 9.17) is 23.2 Å². The van der Waals surface area contributed by atoms with Crippen molar-refractivity contribution in [2.75, 3.05) is 5.32 Å². The third kappa shape index (κ3) is 2.82. The van der Waals surface area contributed by atoms with Gasteiger partial charge in [-0.2, -0.15) is 0 Å². The van der Waals surface area contributed by atoms with Gasteiger partial charge < -0.3 is 9.88 Å². The molecule has 6 heteroatoms. The molecule has 3 rings (SSSR count). The summed E-state index contributed by atoms with van der Waals surface area (Å²) in [5.41, 5.74) is 1.86. The number of anilines is 1. The lowest BCUT2D eigenvalue weighted by atomic mass is 10.2. The molecular formula is C14H11Cl2N3S. The molecule has 3 nitrogen and oxygen atoms in total. The quantitative estimate of drug-likeness (QED) is 0.743. The maximum atomic E-state index is 6.30. The standard InChI is InChI=1S/C14H11Cl2N3S/c15-11-2-1-3-12(14(11)19-7-6-17-9-19)18-8-10-4-5-13(16)20-10/h1-7,9,18H,8H2. The topological polar surface area (TPSA) is 29.9 Å². The number of nitrogens with one attached hydrogen (secondary N) is 1. The molecule has 0 bridgehead atoms. The lowest BCUT2D eigenvalue weighted by molar-refractivity contribution is 1.05. The zero-order chi connectivity index (χ0) is 13.9. The van der Waals surface area contributed by atoms with E-state index < -0.39 is 0 Å². The summed E-state index contributed by atoms with van der Waals surface area (Å²) in [6, 6.07) is 9.70. The zero-order valence-corrected chi connectivity index (χ0v) is 12.7. The van der Waals surface area contributed by atoms with E-state index in [0.717, 1.165) is 15.7 Å². The number of nitrogens with zero attached hydrogens (tertiary/aromatic N) is 2. The average Bonchev–Trinajstić information content (AvgIpc) is 3.08. The summed E-state index contributed by atoms with van der Waals surface area (Å²) in [6.45, 7) is 0.708. The molecular weight excluding hydrogens is 313 g/mol. The van der Waals surface area contributed by atoms with Crippen LogP contribution in [0.3, 0.4) is 0 Å². The fraction of sp³-hybridized carbons (Fsp3) is 0.0714. The van der Waals surface area contributed by atoms with Crippen LogP contribution in [0.1, 0.15) is 4.88 Å². The van der Waals surface area contributed by atoms with Crippen LogP contribution in [-0.2, 0) is 6.54 Å². The van der Waals surface area contributed by atoms with Gasteiger partial charge in [0.2, 0.25) is 0 Å². The molecule has 0 aliphatic carbocycles. The molecule has 0 aliphatic rings.